The Bertz CT molecular complexity index is 865. The Hall–Kier alpha value is -2.57. The Balaban J connectivity index is 1.47. The van der Waals surface area contributed by atoms with E-state index in [2.05, 4.69) is 20.0 Å². The molecule has 1 aliphatic rings. The normalized spacial score (nSPS) is 20.9. The smallest absolute Gasteiger partial charge is 0.241 e. The monoisotopic (exact) mass is 336 g/mol. The predicted molar refractivity (Wildman–Crippen MR) is 92.5 cm³/mol. The van der Waals surface area contributed by atoms with Gasteiger partial charge in [-0.2, -0.15) is 4.98 Å². The maximum atomic E-state index is 11.1. The maximum absolute atomic E-state index is 11.1. The van der Waals surface area contributed by atoms with E-state index in [-0.39, 0.29) is 0 Å². The number of benzene rings is 1. The second kappa shape index (κ2) is 6.38. The van der Waals surface area contributed by atoms with Gasteiger partial charge in [0, 0.05) is 31.0 Å². The topological polar surface area (TPSA) is 75.3 Å². The molecule has 1 fully saturated rings. The lowest BCUT2D eigenvalue weighted by Gasteiger charge is -2.25. The number of rotatable bonds is 4. The summed E-state index contributed by atoms with van der Waals surface area (Å²) in [6.07, 6.45) is 4.12. The van der Waals surface area contributed by atoms with Gasteiger partial charge in [0.25, 0.3) is 0 Å². The Morgan fingerprint density at radius 2 is 2.12 bits per heavy atom. The van der Waals surface area contributed by atoms with Crippen LogP contribution in [-0.4, -0.2) is 38.2 Å². The van der Waals surface area contributed by atoms with Crippen molar-refractivity contribution in [2.24, 2.45) is 0 Å². The van der Waals surface area contributed by atoms with Crippen molar-refractivity contribution in [1.82, 2.24) is 20.0 Å². The maximum Gasteiger partial charge on any atom is 0.241 e. The zero-order valence-corrected chi connectivity index (χ0v) is 14.1. The first-order valence-electron chi connectivity index (χ1n) is 8.38. The molecule has 6 nitrogen and oxygen atoms in total. The zero-order chi connectivity index (χ0) is 17.3. The van der Waals surface area contributed by atoms with Gasteiger partial charge in [0.15, 0.2) is 0 Å². The number of aliphatic hydroxyl groups is 1. The fraction of sp³-hybridized carbons (Fsp3) is 0.316. The molecule has 1 aromatic carbocycles. The van der Waals surface area contributed by atoms with E-state index in [4.69, 9.17) is 4.52 Å². The highest BCUT2D eigenvalue weighted by Gasteiger charge is 2.38. The Morgan fingerprint density at radius 1 is 1.24 bits per heavy atom. The summed E-state index contributed by atoms with van der Waals surface area (Å²) in [5.74, 6) is 1.09. The SMILES string of the molecule is Cc1ccccc1[C@]1(O)CCN(Cc2nc(-c3cccnc3)no2)C1. The molecule has 0 spiro atoms. The second-order valence-corrected chi connectivity index (χ2v) is 6.56. The van der Waals surface area contributed by atoms with Crippen LogP contribution >= 0.6 is 0 Å². The molecule has 3 heterocycles. The van der Waals surface area contributed by atoms with E-state index in [1.165, 1.54) is 0 Å². The summed E-state index contributed by atoms with van der Waals surface area (Å²) < 4.78 is 5.37. The van der Waals surface area contributed by atoms with Crippen molar-refractivity contribution in [3.8, 4) is 11.4 Å². The van der Waals surface area contributed by atoms with Gasteiger partial charge in [-0.05, 0) is 36.6 Å². The number of aromatic nitrogens is 3. The molecule has 0 unspecified atom stereocenters. The van der Waals surface area contributed by atoms with Crippen LogP contribution in [0.5, 0.6) is 0 Å². The number of hydrogen-bond acceptors (Lipinski definition) is 6. The summed E-state index contributed by atoms with van der Waals surface area (Å²) in [5, 5.41) is 15.1. The lowest BCUT2D eigenvalue weighted by molar-refractivity contribution is 0.0435. The van der Waals surface area contributed by atoms with E-state index in [1.807, 2.05) is 43.3 Å². The summed E-state index contributed by atoms with van der Waals surface area (Å²) in [4.78, 5) is 10.7. The van der Waals surface area contributed by atoms with Crippen molar-refractivity contribution in [1.29, 1.82) is 0 Å². The zero-order valence-electron chi connectivity index (χ0n) is 14.1. The molecule has 1 aliphatic heterocycles. The third kappa shape index (κ3) is 3.18. The molecular formula is C19H20N4O2. The Labute approximate surface area is 146 Å². The number of hydrogen-bond donors (Lipinski definition) is 1. The number of β-amino-alcohol motifs (C(OH)–C–C–N with tert-alkyl or cyclic N) is 1. The van der Waals surface area contributed by atoms with Crippen LogP contribution in [0.15, 0.2) is 53.3 Å². The van der Waals surface area contributed by atoms with E-state index >= 15 is 0 Å². The average molecular weight is 336 g/mol. The van der Waals surface area contributed by atoms with Gasteiger partial charge in [-0.3, -0.25) is 9.88 Å². The van der Waals surface area contributed by atoms with Gasteiger partial charge in [-0.25, -0.2) is 0 Å². The molecule has 0 amide bonds. The summed E-state index contributed by atoms with van der Waals surface area (Å²) in [5.41, 5.74) is 2.12. The van der Waals surface area contributed by atoms with Crippen LogP contribution in [0.2, 0.25) is 0 Å². The highest BCUT2D eigenvalue weighted by molar-refractivity contribution is 5.51. The van der Waals surface area contributed by atoms with Crippen molar-refractivity contribution < 1.29 is 9.63 Å². The van der Waals surface area contributed by atoms with Crippen LogP contribution in [-0.2, 0) is 12.1 Å². The highest BCUT2D eigenvalue weighted by atomic mass is 16.5. The largest absolute Gasteiger partial charge is 0.384 e. The first-order valence-corrected chi connectivity index (χ1v) is 8.38. The van der Waals surface area contributed by atoms with Crippen LogP contribution in [0.1, 0.15) is 23.4 Å². The van der Waals surface area contributed by atoms with Crippen molar-refractivity contribution in [3.05, 3.63) is 65.8 Å². The molecule has 0 bridgehead atoms. The van der Waals surface area contributed by atoms with E-state index in [0.717, 1.165) is 23.2 Å². The van der Waals surface area contributed by atoms with Gasteiger partial charge >= 0.3 is 0 Å². The first kappa shape index (κ1) is 15.9. The molecule has 6 heteroatoms. The van der Waals surface area contributed by atoms with Crippen LogP contribution in [0.25, 0.3) is 11.4 Å². The second-order valence-electron chi connectivity index (χ2n) is 6.56. The predicted octanol–water partition coefficient (Wildman–Crippen LogP) is 2.53. The molecule has 1 N–H and O–H groups in total. The molecule has 128 valence electrons. The summed E-state index contributed by atoms with van der Waals surface area (Å²) in [6, 6.07) is 11.7. The van der Waals surface area contributed by atoms with Crippen molar-refractivity contribution >= 4 is 0 Å². The molecule has 2 aromatic heterocycles. The van der Waals surface area contributed by atoms with Crippen molar-refractivity contribution in [2.45, 2.75) is 25.5 Å². The lowest BCUT2D eigenvalue weighted by atomic mass is 9.89. The van der Waals surface area contributed by atoms with Gasteiger partial charge in [-0.15, -0.1) is 0 Å². The third-order valence-electron chi connectivity index (χ3n) is 4.72. The van der Waals surface area contributed by atoms with E-state index in [1.54, 1.807) is 12.4 Å². The lowest BCUT2D eigenvalue weighted by Crippen LogP contribution is -2.31. The third-order valence-corrected chi connectivity index (χ3v) is 4.72. The van der Waals surface area contributed by atoms with Gasteiger partial charge in [0.1, 0.15) is 5.60 Å². The molecule has 0 aliphatic carbocycles. The quantitative estimate of drug-likeness (QED) is 0.789. The molecule has 25 heavy (non-hydrogen) atoms. The number of likely N-dealkylation sites (tertiary alicyclic amines) is 1. The van der Waals surface area contributed by atoms with E-state index in [9.17, 15) is 5.11 Å². The first-order chi connectivity index (χ1) is 12.1. The fourth-order valence-corrected chi connectivity index (χ4v) is 3.44. The molecule has 3 aromatic rings. The molecule has 1 atom stereocenters. The molecular weight excluding hydrogens is 316 g/mol. The van der Waals surface area contributed by atoms with Gasteiger partial charge < -0.3 is 9.63 Å². The Kier molecular flexibility index (Phi) is 4.07. The minimum absolute atomic E-state index is 0.529. The van der Waals surface area contributed by atoms with Crippen LogP contribution < -0.4 is 0 Å². The van der Waals surface area contributed by atoms with Crippen LogP contribution in [0.4, 0.5) is 0 Å². The number of aryl methyl sites for hydroxylation is 1. The van der Waals surface area contributed by atoms with Gasteiger partial charge in [0.2, 0.25) is 11.7 Å². The van der Waals surface area contributed by atoms with E-state index in [0.29, 0.717) is 31.2 Å². The fourth-order valence-electron chi connectivity index (χ4n) is 3.44. The molecule has 0 saturated carbocycles. The van der Waals surface area contributed by atoms with Gasteiger partial charge in [-0.1, -0.05) is 29.4 Å². The minimum atomic E-state index is -0.822. The Morgan fingerprint density at radius 3 is 2.92 bits per heavy atom. The summed E-state index contributed by atoms with van der Waals surface area (Å²) in [6.45, 7) is 3.91. The molecule has 0 radical (unpaired) electrons. The highest BCUT2D eigenvalue weighted by Crippen LogP contribution is 2.34. The standard InChI is InChI=1S/C19H20N4O2/c1-14-5-2-3-7-16(14)19(24)8-10-23(13-19)12-17-21-18(22-25-17)15-6-4-9-20-11-15/h2-7,9,11,24H,8,10,12-13H2,1H3/t19-/m0/s1. The minimum Gasteiger partial charge on any atom is -0.384 e. The average Bonchev–Trinajstić information content (AvgIpc) is 3.24. The van der Waals surface area contributed by atoms with E-state index < -0.39 is 5.60 Å². The van der Waals surface area contributed by atoms with Crippen LogP contribution in [0, 0.1) is 6.92 Å². The molecule has 1 saturated heterocycles. The number of nitrogens with zero attached hydrogens (tertiary/aromatic N) is 4. The summed E-state index contributed by atoms with van der Waals surface area (Å²) >= 11 is 0. The molecule has 4 rings (SSSR count). The van der Waals surface area contributed by atoms with Crippen molar-refractivity contribution in [3.63, 3.8) is 0 Å². The van der Waals surface area contributed by atoms with Crippen LogP contribution in [0.3, 0.4) is 0 Å². The van der Waals surface area contributed by atoms with Gasteiger partial charge in [0.05, 0.1) is 6.54 Å². The summed E-state index contributed by atoms with van der Waals surface area (Å²) in [7, 11) is 0. The number of pyridine rings is 1. The van der Waals surface area contributed by atoms with Crippen molar-refractivity contribution in [2.75, 3.05) is 13.1 Å².